The Bertz CT molecular complexity index is 944. The molecular weight excluding hydrogens is 402 g/mol. The molecule has 0 aliphatic heterocycles. The van der Waals surface area contributed by atoms with Crippen molar-refractivity contribution in [1.82, 2.24) is 9.99 Å². The Labute approximate surface area is 168 Å². The summed E-state index contributed by atoms with van der Waals surface area (Å²) in [6, 6.07) is 20.2. The lowest BCUT2D eigenvalue weighted by molar-refractivity contribution is -0.121. The van der Waals surface area contributed by atoms with Crippen molar-refractivity contribution in [2.75, 3.05) is 0 Å². The van der Waals surface area contributed by atoms with E-state index in [1.54, 1.807) is 6.21 Å². The summed E-state index contributed by atoms with van der Waals surface area (Å²) in [4.78, 5) is 12.0. The molecule has 27 heavy (non-hydrogen) atoms. The second-order valence-corrected chi connectivity index (χ2v) is 7.33. The van der Waals surface area contributed by atoms with Crippen LogP contribution in [0, 0.1) is 13.8 Å². The molecule has 4 nitrogen and oxygen atoms in total. The van der Waals surface area contributed by atoms with Crippen LogP contribution in [-0.4, -0.2) is 16.7 Å². The number of nitrogens with one attached hydrogen (secondary N) is 1. The molecule has 0 atom stereocenters. The van der Waals surface area contributed by atoms with Gasteiger partial charge in [0.15, 0.2) is 0 Å². The fourth-order valence-electron chi connectivity index (χ4n) is 3.04. The van der Waals surface area contributed by atoms with Gasteiger partial charge in [-0.2, -0.15) is 5.10 Å². The van der Waals surface area contributed by atoms with Crippen LogP contribution in [0.15, 0.2) is 70.2 Å². The van der Waals surface area contributed by atoms with E-state index >= 15 is 0 Å². The van der Waals surface area contributed by atoms with Gasteiger partial charge in [-0.1, -0.05) is 46.3 Å². The van der Waals surface area contributed by atoms with Crippen molar-refractivity contribution in [2.24, 2.45) is 5.10 Å². The van der Waals surface area contributed by atoms with Gasteiger partial charge < -0.3 is 4.57 Å². The number of rotatable bonds is 6. The van der Waals surface area contributed by atoms with Crippen LogP contribution in [0.1, 0.15) is 28.9 Å². The zero-order chi connectivity index (χ0) is 19.2. The summed E-state index contributed by atoms with van der Waals surface area (Å²) in [5, 5.41) is 4.13. The number of aromatic nitrogens is 1. The number of carbonyl (C=O) groups is 1. The van der Waals surface area contributed by atoms with Gasteiger partial charge in [0, 0.05) is 33.5 Å². The number of hydrogen-bond acceptors (Lipinski definition) is 2. The Morgan fingerprint density at radius 2 is 1.81 bits per heavy atom. The average molecular weight is 424 g/mol. The summed E-state index contributed by atoms with van der Waals surface area (Å²) in [5.41, 5.74) is 8.05. The molecule has 3 aromatic rings. The number of benzene rings is 2. The Balaban J connectivity index is 1.63. The molecule has 1 amide bonds. The minimum absolute atomic E-state index is 0.0863. The minimum Gasteiger partial charge on any atom is -0.318 e. The van der Waals surface area contributed by atoms with E-state index in [4.69, 9.17) is 0 Å². The molecule has 1 N–H and O–H groups in total. The van der Waals surface area contributed by atoms with Gasteiger partial charge in [-0.3, -0.25) is 4.79 Å². The molecule has 0 saturated heterocycles. The van der Waals surface area contributed by atoms with Gasteiger partial charge in [-0.25, -0.2) is 5.43 Å². The van der Waals surface area contributed by atoms with Crippen LogP contribution in [0.5, 0.6) is 0 Å². The first kappa shape index (κ1) is 19.1. The highest BCUT2D eigenvalue weighted by molar-refractivity contribution is 9.10. The Hall–Kier alpha value is -2.66. The second-order valence-electron chi connectivity index (χ2n) is 6.42. The summed E-state index contributed by atoms with van der Waals surface area (Å²) in [5.74, 6) is -0.0863. The molecule has 0 unspecified atom stereocenters. The third-order valence-electron chi connectivity index (χ3n) is 4.43. The van der Waals surface area contributed by atoms with Gasteiger partial charge in [-0.05, 0) is 56.2 Å². The molecule has 0 aliphatic carbocycles. The standard InChI is InChI=1S/C22H22BrN3O/c1-16-14-19(17(2)26(16)21-11-9-20(23)10-12-21)15-24-25-22(27)13-8-18-6-4-3-5-7-18/h3-7,9-12,14-15H,8,13H2,1-2H3,(H,25,27)/b24-15-. The number of hydrogen-bond donors (Lipinski definition) is 1. The number of amides is 1. The van der Waals surface area contributed by atoms with Gasteiger partial charge in [0.2, 0.25) is 5.91 Å². The predicted octanol–water partition coefficient (Wildman–Crippen LogP) is 4.94. The van der Waals surface area contributed by atoms with Crippen LogP contribution >= 0.6 is 15.9 Å². The molecule has 3 rings (SSSR count). The van der Waals surface area contributed by atoms with E-state index in [1.807, 2.05) is 49.4 Å². The summed E-state index contributed by atoms with van der Waals surface area (Å²) in [6.45, 7) is 4.11. The lowest BCUT2D eigenvalue weighted by Gasteiger charge is -2.09. The van der Waals surface area contributed by atoms with E-state index in [2.05, 4.69) is 56.1 Å². The summed E-state index contributed by atoms with van der Waals surface area (Å²) in [6.07, 6.45) is 2.83. The van der Waals surface area contributed by atoms with Gasteiger partial charge >= 0.3 is 0 Å². The quantitative estimate of drug-likeness (QED) is 0.442. The van der Waals surface area contributed by atoms with Gasteiger partial charge in [0.1, 0.15) is 0 Å². The average Bonchev–Trinajstić information content (AvgIpc) is 2.95. The minimum atomic E-state index is -0.0863. The van der Waals surface area contributed by atoms with Gasteiger partial charge in [0.25, 0.3) is 0 Å². The summed E-state index contributed by atoms with van der Waals surface area (Å²) in [7, 11) is 0. The molecule has 0 saturated carbocycles. The van der Waals surface area contributed by atoms with Crippen LogP contribution in [0.25, 0.3) is 5.69 Å². The highest BCUT2D eigenvalue weighted by atomic mass is 79.9. The van der Waals surface area contributed by atoms with Crippen LogP contribution in [-0.2, 0) is 11.2 Å². The zero-order valence-corrected chi connectivity index (χ0v) is 17.0. The first-order valence-corrected chi connectivity index (χ1v) is 9.64. The molecule has 1 aromatic heterocycles. The Morgan fingerprint density at radius 3 is 2.52 bits per heavy atom. The lowest BCUT2D eigenvalue weighted by Crippen LogP contribution is -2.17. The van der Waals surface area contributed by atoms with E-state index in [-0.39, 0.29) is 5.91 Å². The molecule has 5 heteroatoms. The van der Waals surface area contributed by atoms with Gasteiger partial charge in [-0.15, -0.1) is 0 Å². The summed E-state index contributed by atoms with van der Waals surface area (Å²) >= 11 is 3.46. The summed E-state index contributed by atoms with van der Waals surface area (Å²) < 4.78 is 3.22. The van der Waals surface area contributed by atoms with E-state index in [0.717, 1.165) is 32.7 Å². The van der Waals surface area contributed by atoms with E-state index in [0.29, 0.717) is 12.8 Å². The van der Waals surface area contributed by atoms with Crippen molar-refractivity contribution in [3.8, 4) is 5.69 Å². The monoisotopic (exact) mass is 423 g/mol. The largest absolute Gasteiger partial charge is 0.318 e. The molecule has 138 valence electrons. The molecular formula is C22H22BrN3O. The number of carbonyl (C=O) groups excluding carboxylic acids is 1. The van der Waals surface area contributed by atoms with Gasteiger partial charge in [0.05, 0.1) is 6.21 Å². The number of nitrogens with zero attached hydrogens (tertiary/aromatic N) is 2. The van der Waals surface area contributed by atoms with Crippen molar-refractivity contribution in [3.05, 3.63) is 87.7 Å². The van der Waals surface area contributed by atoms with E-state index in [1.165, 1.54) is 0 Å². The van der Waals surface area contributed by atoms with Crippen molar-refractivity contribution in [2.45, 2.75) is 26.7 Å². The molecule has 0 aliphatic rings. The number of hydrazone groups is 1. The van der Waals surface area contributed by atoms with E-state index in [9.17, 15) is 4.79 Å². The molecule has 0 radical (unpaired) electrons. The molecule has 0 spiro atoms. The highest BCUT2D eigenvalue weighted by Gasteiger charge is 2.09. The molecule has 0 bridgehead atoms. The maximum absolute atomic E-state index is 12.0. The number of aryl methyl sites for hydroxylation is 2. The molecule has 2 aromatic carbocycles. The fourth-order valence-corrected chi connectivity index (χ4v) is 3.30. The topological polar surface area (TPSA) is 46.4 Å². The maximum Gasteiger partial charge on any atom is 0.240 e. The van der Waals surface area contributed by atoms with E-state index < -0.39 is 0 Å². The lowest BCUT2D eigenvalue weighted by atomic mass is 10.1. The first-order chi connectivity index (χ1) is 13.0. The highest BCUT2D eigenvalue weighted by Crippen LogP contribution is 2.21. The molecule has 1 heterocycles. The first-order valence-electron chi connectivity index (χ1n) is 8.85. The fraction of sp³-hybridized carbons (Fsp3) is 0.182. The van der Waals surface area contributed by atoms with Crippen molar-refractivity contribution < 1.29 is 4.79 Å². The van der Waals surface area contributed by atoms with Crippen LogP contribution in [0.2, 0.25) is 0 Å². The third kappa shape index (κ3) is 4.95. The Morgan fingerprint density at radius 1 is 1.11 bits per heavy atom. The van der Waals surface area contributed by atoms with Crippen LogP contribution in [0.3, 0.4) is 0 Å². The molecule has 0 fully saturated rings. The zero-order valence-electron chi connectivity index (χ0n) is 15.4. The maximum atomic E-state index is 12.0. The third-order valence-corrected chi connectivity index (χ3v) is 4.96. The van der Waals surface area contributed by atoms with Crippen molar-refractivity contribution in [3.63, 3.8) is 0 Å². The predicted molar refractivity (Wildman–Crippen MR) is 113 cm³/mol. The Kier molecular flexibility index (Phi) is 6.24. The number of halogens is 1. The second kappa shape index (κ2) is 8.82. The van der Waals surface area contributed by atoms with Crippen molar-refractivity contribution in [1.29, 1.82) is 0 Å². The smallest absolute Gasteiger partial charge is 0.240 e. The van der Waals surface area contributed by atoms with Crippen LogP contribution in [0.4, 0.5) is 0 Å². The normalized spacial score (nSPS) is 11.1. The van der Waals surface area contributed by atoms with Crippen LogP contribution < -0.4 is 5.43 Å². The van der Waals surface area contributed by atoms with Crippen molar-refractivity contribution >= 4 is 28.1 Å². The SMILES string of the molecule is Cc1cc(/C=N\NC(=O)CCc2ccccc2)c(C)n1-c1ccc(Br)cc1.